The third-order valence-corrected chi connectivity index (χ3v) is 3.86. The average Bonchev–Trinajstić information content (AvgIpc) is 3.01. The molecule has 0 radical (unpaired) electrons. The largest absolute Gasteiger partial charge is 0.339 e. The summed E-state index contributed by atoms with van der Waals surface area (Å²) >= 11 is 0. The van der Waals surface area contributed by atoms with E-state index in [2.05, 4.69) is 15.0 Å². The molecular weight excluding hydrogens is 218 g/mol. The number of carbonyl (C=O) groups excluding carboxylic acids is 1. The van der Waals surface area contributed by atoms with E-state index in [0.717, 1.165) is 0 Å². The minimum absolute atomic E-state index is 0.255. The molecule has 2 aliphatic rings. The quantitative estimate of drug-likeness (QED) is 0.796. The summed E-state index contributed by atoms with van der Waals surface area (Å²) < 4.78 is 5.01. The summed E-state index contributed by atoms with van der Waals surface area (Å²) in [4.78, 5) is 18.3. The Morgan fingerprint density at radius 2 is 2.00 bits per heavy atom. The first-order valence-corrected chi connectivity index (χ1v) is 6.34. The third-order valence-electron chi connectivity index (χ3n) is 3.86. The lowest BCUT2D eigenvalue weighted by Gasteiger charge is -2.21. The Kier molecular flexibility index (Phi) is 2.61. The topological polar surface area (TPSA) is 59.2 Å². The van der Waals surface area contributed by atoms with Gasteiger partial charge in [-0.1, -0.05) is 5.16 Å². The highest BCUT2D eigenvalue weighted by Gasteiger charge is 2.41. The molecule has 3 heterocycles. The van der Waals surface area contributed by atoms with Crippen molar-refractivity contribution in [3.63, 3.8) is 0 Å². The molecule has 0 aliphatic carbocycles. The summed E-state index contributed by atoms with van der Waals surface area (Å²) in [5.74, 6) is 1.46. The van der Waals surface area contributed by atoms with Gasteiger partial charge in [-0.25, -0.2) is 0 Å². The smallest absolute Gasteiger partial charge is 0.227 e. The highest BCUT2D eigenvalue weighted by Crippen LogP contribution is 2.37. The van der Waals surface area contributed by atoms with Crippen molar-refractivity contribution in [1.29, 1.82) is 0 Å². The maximum Gasteiger partial charge on any atom is 0.227 e. The van der Waals surface area contributed by atoms with Gasteiger partial charge in [-0.05, 0) is 32.6 Å². The average molecular weight is 235 g/mol. The van der Waals surface area contributed by atoms with Crippen LogP contribution in [-0.2, 0) is 11.2 Å². The minimum atomic E-state index is 0.255. The van der Waals surface area contributed by atoms with E-state index in [-0.39, 0.29) is 5.91 Å². The summed E-state index contributed by atoms with van der Waals surface area (Å²) in [6, 6.07) is 1.02. The molecule has 0 aromatic carbocycles. The molecule has 1 aromatic heterocycles. The number of aryl methyl sites for hydroxylation is 2. The molecular formula is C12H17N3O2. The van der Waals surface area contributed by atoms with Gasteiger partial charge in [0.05, 0.1) is 0 Å². The van der Waals surface area contributed by atoms with Crippen LogP contribution < -0.4 is 0 Å². The summed E-state index contributed by atoms with van der Waals surface area (Å²) in [7, 11) is 0. The van der Waals surface area contributed by atoms with Crippen molar-refractivity contribution in [2.24, 2.45) is 0 Å². The summed E-state index contributed by atoms with van der Waals surface area (Å²) in [6.07, 6.45) is 5.82. The molecule has 2 aliphatic heterocycles. The number of amides is 1. The molecule has 17 heavy (non-hydrogen) atoms. The van der Waals surface area contributed by atoms with E-state index in [1.807, 2.05) is 0 Å². The van der Waals surface area contributed by atoms with Gasteiger partial charge in [-0.2, -0.15) is 4.98 Å². The number of rotatable bonds is 3. The van der Waals surface area contributed by atoms with Crippen LogP contribution in [0.3, 0.4) is 0 Å². The lowest BCUT2D eigenvalue weighted by atomic mass is 10.0. The predicted octanol–water partition coefficient (Wildman–Crippen LogP) is 1.46. The van der Waals surface area contributed by atoms with E-state index in [9.17, 15) is 4.79 Å². The molecule has 5 nitrogen and oxygen atoms in total. The van der Waals surface area contributed by atoms with Crippen molar-refractivity contribution in [3.05, 3.63) is 11.7 Å². The fraction of sp³-hybridized carbons (Fsp3) is 0.750. The van der Waals surface area contributed by atoms with Crippen LogP contribution in [0.4, 0.5) is 0 Å². The van der Waals surface area contributed by atoms with E-state index in [0.29, 0.717) is 36.6 Å². The van der Waals surface area contributed by atoms with Crippen LogP contribution in [-0.4, -0.2) is 33.0 Å². The van der Waals surface area contributed by atoms with Gasteiger partial charge in [-0.3, -0.25) is 4.79 Å². The fourth-order valence-corrected chi connectivity index (χ4v) is 3.10. The summed E-state index contributed by atoms with van der Waals surface area (Å²) in [5.41, 5.74) is 0. The third kappa shape index (κ3) is 1.94. The Bertz CT molecular complexity index is 409. The second-order valence-electron chi connectivity index (χ2n) is 5.00. The van der Waals surface area contributed by atoms with Crippen LogP contribution in [0.5, 0.6) is 0 Å². The maximum atomic E-state index is 12.1. The predicted molar refractivity (Wildman–Crippen MR) is 60.2 cm³/mol. The first-order chi connectivity index (χ1) is 8.24. The lowest BCUT2D eigenvalue weighted by molar-refractivity contribution is -0.132. The Balaban J connectivity index is 1.57. The number of hydrogen-bond donors (Lipinski definition) is 0. The molecule has 0 N–H and O–H groups in total. The second-order valence-corrected chi connectivity index (χ2v) is 5.00. The van der Waals surface area contributed by atoms with Gasteiger partial charge in [0, 0.05) is 24.9 Å². The van der Waals surface area contributed by atoms with E-state index in [1.165, 1.54) is 25.7 Å². The molecule has 3 rings (SSSR count). The number of fused-ring (bicyclic) bond motifs is 2. The van der Waals surface area contributed by atoms with Crippen molar-refractivity contribution in [2.75, 3.05) is 0 Å². The maximum absolute atomic E-state index is 12.1. The van der Waals surface area contributed by atoms with Gasteiger partial charge in [0.1, 0.15) is 0 Å². The van der Waals surface area contributed by atoms with Gasteiger partial charge >= 0.3 is 0 Å². The van der Waals surface area contributed by atoms with E-state index >= 15 is 0 Å². The van der Waals surface area contributed by atoms with E-state index < -0.39 is 0 Å². The van der Waals surface area contributed by atoms with Crippen LogP contribution in [0.1, 0.15) is 43.8 Å². The Labute approximate surface area is 100 Å². The van der Waals surface area contributed by atoms with Crippen molar-refractivity contribution in [2.45, 2.75) is 57.5 Å². The molecule has 2 fully saturated rings. The highest BCUT2D eigenvalue weighted by molar-refractivity contribution is 5.77. The molecule has 2 saturated heterocycles. The zero-order chi connectivity index (χ0) is 11.8. The van der Waals surface area contributed by atoms with Crippen molar-refractivity contribution in [1.82, 2.24) is 15.0 Å². The standard InChI is InChI=1S/C12H17N3O2/c1-8-13-11(17-14-8)6-7-12(16)15-9-2-3-10(15)5-4-9/h9-10H,2-7H2,1H3. The molecule has 2 bridgehead atoms. The van der Waals surface area contributed by atoms with Gasteiger partial charge in [0.25, 0.3) is 0 Å². The van der Waals surface area contributed by atoms with Gasteiger partial charge in [0.2, 0.25) is 11.8 Å². The molecule has 1 aromatic rings. The number of carbonyl (C=O) groups is 1. The van der Waals surface area contributed by atoms with Crippen molar-refractivity contribution in [3.8, 4) is 0 Å². The van der Waals surface area contributed by atoms with E-state index in [1.54, 1.807) is 6.92 Å². The summed E-state index contributed by atoms with van der Waals surface area (Å²) in [6.45, 7) is 1.79. The molecule has 0 saturated carbocycles. The molecule has 92 valence electrons. The molecule has 1 amide bonds. The van der Waals surface area contributed by atoms with Crippen LogP contribution in [0, 0.1) is 6.92 Å². The first-order valence-electron chi connectivity index (χ1n) is 6.34. The monoisotopic (exact) mass is 235 g/mol. The lowest BCUT2D eigenvalue weighted by Crippen LogP contribution is -2.35. The molecule has 0 spiro atoms. The SMILES string of the molecule is Cc1noc(CCC(=O)N2C3CCC2CC3)n1. The van der Waals surface area contributed by atoms with Crippen LogP contribution in [0.15, 0.2) is 4.52 Å². The number of aromatic nitrogens is 2. The zero-order valence-electron chi connectivity index (χ0n) is 10.1. The fourth-order valence-electron chi connectivity index (χ4n) is 3.10. The Morgan fingerprint density at radius 3 is 2.53 bits per heavy atom. The van der Waals surface area contributed by atoms with Crippen molar-refractivity contribution < 1.29 is 9.32 Å². The Hall–Kier alpha value is -1.39. The van der Waals surface area contributed by atoms with Gasteiger partial charge < -0.3 is 9.42 Å². The van der Waals surface area contributed by atoms with Gasteiger partial charge in [-0.15, -0.1) is 0 Å². The molecule has 5 heteroatoms. The summed E-state index contributed by atoms with van der Waals surface area (Å²) in [5, 5.41) is 3.72. The Morgan fingerprint density at radius 1 is 1.35 bits per heavy atom. The van der Waals surface area contributed by atoms with Gasteiger partial charge in [0.15, 0.2) is 5.82 Å². The minimum Gasteiger partial charge on any atom is -0.339 e. The van der Waals surface area contributed by atoms with Crippen molar-refractivity contribution >= 4 is 5.91 Å². The highest BCUT2D eigenvalue weighted by atomic mass is 16.5. The van der Waals surface area contributed by atoms with E-state index in [4.69, 9.17) is 4.52 Å². The normalized spacial score (nSPS) is 26.8. The van der Waals surface area contributed by atoms with Crippen LogP contribution in [0.2, 0.25) is 0 Å². The zero-order valence-corrected chi connectivity index (χ0v) is 10.1. The number of hydrogen-bond acceptors (Lipinski definition) is 4. The molecule has 0 atom stereocenters. The van der Waals surface area contributed by atoms with Crippen LogP contribution >= 0.6 is 0 Å². The van der Waals surface area contributed by atoms with Crippen LogP contribution in [0.25, 0.3) is 0 Å². The second kappa shape index (κ2) is 4.13. The molecule has 0 unspecified atom stereocenters. The first kappa shape index (κ1) is 10.7. The number of nitrogens with zero attached hydrogens (tertiary/aromatic N) is 3.